The molecule has 0 spiro atoms. The number of nitrogens with one attached hydrogen (secondary N) is 1. The molecule has 6 heteroatoms. The van der Waals surface area contributed by atoms with E-state index in [-0.39, 0.29) is 11.4 Å². The van der Waals surface area contributed by atoms with Crippen LogP contribution in [0.5, 0.6) is 0 Å². The highest BCUT2D eigenvalue weighted by Gasteiger charge is 2.44. The highest BCUT2D eigenvalue weighted by atomic mass is 16.4. The van der Waals surface area contributed by atoms with Crippen LogP contribution in [0.1, 0.15) is 27.7 Å². The van der Waals surface area contributed by atoms with Gasteiger partial charge in [-0.05, 0) is 27.7 Å². The first-order chi connectivity index (χ1) is 8.09. The van der Waals surface area contributed by atoms with Gasteiger partial charge in [0.05, 0.1) is 5.41 Å². The van der Waals surface area contributed by atoms with Crippen LogP contribution in [0.25, 0.3) is 0 Å². The van der Waals surface area contributed by atoms with Crippen molar-refractivity contribution < 1.29 is 9.90 Å². The molecule has 18 heavy (non-hydrogen) atoms. The van der Waals surface area contributed by atoms with Gasteiger partial charge in [-0.25, -0.2) is 4.98 Å². The third kappa shape index (κ3) is 2.37. The number of rotatable bonds is 4. The van der Waals surface area contributed by atoms with E-state index in [0.29, 0.717) is 0 Å². The summed E-state index contributed by atoms with van der Waals surface area (Å²) in [5.74, 6) is -0.785. The first-order valence-corrected chi connectivity index (χ1v) is 5.63. The zero-order valence-corrected chi connectivity index (χ0v) is 11.3. The molecular weight excluding hydrogens is 234 g/mol. The lowest BCUT2D eigenvalue weighted by Gasteiger charge is -2.38. The lowest BCUT2D eigenvalue weighted by Crippen LogP contribution is -2.51. The Hall–Kier alpha value is -1.85. The van der Waals surface area contributed by atoms with Gasteiger partial charge in [-0.15, -0.1) is 0 Å². The van der Waals surface area contributed by atoms with Gasteiger partial charge in [0.15, 0.2) is 5.82 Å². The van der Waals surface area contributed by atoms with E-state index >= 15 is 0 Å². The summed E-state index contributed by atoms with van der Waals surface area (Å²) >= 11 is 0. The van der Waals surface area contributed by atoms with E-state index in [0.717, 1.165) is 0 Å². The predicted octanol–water partition coefficient (Wildman–Crippen LogP) is 1.08. The topological polar surface area (TPSA) is 84.2 Å². The molecule has 0 aliphatic rings. The molecule has 0 radical (unpaired) electrons. The van der Waals surface area contributed by atoms with Crippen LogP contribution in [0, 0.1) is 5.41 Å². The summed E-state index contributed by atoms with van der Waals surface area (Å²) in [6.45, 7) is 6.68. The van der Waals surface area contributed by atoms with E-state index < -0.39 is 16.9 Å². The summed E-state index contributed by atoms with van der Waals surface area (Å²) in [5.41, 5.74) is -2.15. The molecule has 2 N–H and O–H groups in total. The minimum atomic E-state index is -1.05. The Morgan fingerprint density at radius 2 is 1.94 bits per heavy atom. The molecule has 1 rings (SSSR count). The number of aliphatic carboxylic acids is 1. The van der Waals surface area contributed by atoms with Crippen molar-refractivity contribution in [1.82, 2.24) is 9.55 Å². The van der Waals surface area contributed by atoms with E-state index in [2.05, 4.69) is 10.3 Å². The Balaban J connectivity index is 3.14. The minimum Gasteiger partial charge on any atom is -0.481 e. The van der Waals surface area contributed by atoms with Gasteiger partial charge in [0.2, 0.25) is 0 Å². The maximum atomic E-state index is 11.8. The van der Waals surface area contributed by atoms with Crippen molar-refractivity contribution in [3.8, 4) is 0 Å². The molecule has 1 heterocycles. The second-order valence-electron chi connectivity index (χ2n) is 5.37. The van der Waals surface area contributed by atoms with E-state index in [4.69, 9.17) is 0 Å². The van der Waals surface area contributed by atoms with E-state index in [1.54, 1.807) is 40.9 Å². The monoisotopic (exact) mass is 253 g/mol. The first kappa shape index (κ1) is 14.2. The highest BCUT2D eigenvalue weighted by molar-refractivity contribution is 5.76. The maximum Gasteiger partial charge on any atom is 0.311 e. The Kier molecular flexibility index (Phi) is 3.50. The molecule has 6 nitrogen and oxygen atoms in total. The van der Waals surface area contributed by atoms with Crippen LogP contribution in [0.4, 0.5) is 5.82 Å². The fraction of sp³-hybridized carbons (Fsp3) is 0.583. The van der Waals surface area contributed by atoms with Crippen molar-refractivity contribution in [3.63, 3.8) is 0 Å². The molecule has 1 aromatic heterocycles. The van der Waals surface area contributed by atoms with Crippen molar-refractivity contribution >= 4 is 11.8 Å². The van der Waals surface area contributed by atoms with Gasteiger partial charge in [-0.3, -0.25) is 9.59 Å². The molecule has 0 saturated carbocycles. The molecule has 0 aliphatic carbocycles. The van der Waals surface area contributed by atoms with Crippen molar-refractivity contribution in [3.05, 3.63) is 22.7 Å². The van der Waals surface area contributed by atoms with Gasteiger partial charge in [0.1, 0.15) is 0 Å². The number of hydrogen-bond acceptors (Lipinski definition) is 4. The zero-order valence-electron chi connectivity index (χ0n) is 11.3. The number of aromatic nitrogens is 2. The van der Waals surface area contributed by atoms with Gasteiger partial charge in [0.25, 0.3) is 5.56 Å². The van der Waals surface area contributed by atoms with Crippen LogP contribution >= 0.6 is 0 Å². The van der Waals surface area contributed by atoms with Crippen LogP contribution in [0.3, 0.4) is 0 Å². The largest absolute Gasteiger partial charge is 0.481 e. The van der Waals surface area contributed by atoms with Gasteiger partial charge in [-0.1, -0.05) is 0 Å². The second kappa shape index (κ2) is 4.44. The normalized spacial score (nSPS) is 12.3. The molecule has 0 atom stereocenters. The lowest BCUT2D eigenvalue weighted by atomic mass is 9.74. The third-order valence-electron chi connectivity index (χ3n) is 3.54. The molecule has 0 amide bonds. The molecule has 1 aromatic rings. The second-order valence-corrected chi connectivity index (χ2v) is 5.37. The highest BCUT2D eigenvalue weighted by Crippen LogP contribution is 2.32. The summed E-state index contributed by atoms with van der Waals surface area (Å²) in [6.07, 6.45) is 3.04. The SMILES string of the molecule is Cn1ccnc(NC(C)(C)C(C)(C)C(=O)O)c1=O. The van der Waals surface area contributed by atoms with Crippen LogP contribution < -0.4 is 10.9 Å². The molecule has 0 saturated heterocycles. The molecule has 100 valence electrons. The molecule has 0 aromatic carbocycles. The zero-order chi connectivity index (χ0) is 14.1. The molecule has 0 bridgehead atoms. The number of nitrogens with zero attached hydrogens (tertiary/aromatic N) is 2. The summed E-state index contributed by atoms with van der Waals surface area (Å²) in [5, 5.41) is 12.2. The quantitative estimate of drug-likeness (QED) is 0.838. The van der Waals surface area contributed by atoms with E-state index in [1.165, 1.54) is 10.8 Å². The fourth-order valence-electron chi connectivity index (χ4n) is 1.30. The average molecular weight is 253 g/mol. The summed E-state index contributed by atoms with van der Waals surface area (Å²) < 4.78 is 1.39. The molecule has 0 fully saturated rings. The van der Waals surface area contributed by atoms with Crippen LogP contribution in [0.15, 0.2) is 17.2 Å². The van der Waals surface area contributed by atoms with Crippen molar-refractivity contribution in [2.45, 2.75) is 33.2 Å². The number of anilines is 1. The van der Waals surface area contributed by atoms with Crippen molar-refractivity contribution in [2.75, 3.05) is 5.32 Å². The van der Waals surface area contributed by atoms with E-state index in [9.17, 15) is 14.7 Å². The third-order valence-corrected chi connectivity index (χ3v) is 3.54. The van der Waals surface area contributed by atoms with E-state index in [1.807, 2.05) is 0 Å². The number of aryl methyl sites for hydroxylation is 1. The van der Waals surface area contributed by atoms with Crippen LogP contribution in [-0.2, 0) is 11.8 Å². The van der Waals surface area contributed by atoms with Gasteiger partial charge < -0.3 is 15.0 Å². The first-order valence-electron chi connectivity index (χ1n) is 5.63. The van der Waals surface area contributed by atoms with Crippen molar-refractivity contribution in [1.29, 1.82) is 0 Å². The van der Waals surface area contributed by atoms with Crippen LogP contribution in [-0.4, -0.2) is 26.2 Å². The molecular formula is C12H19N3O3. The predicted molar refractivity (Wildman–Crippen MR) is 68.6 cm³/mol. The Morgan fingerprint density at radius 1 is 1.39 bits per heavy atom. The Labute approximate surface area is 106 Å². The summed E-state index contributed by atoms with van der Waals surface area (Å²) in [7, 11) is 1.62. The minimum absolute atomic E-state index is 0.152. The Bertz CT molecular complexity index is 518. The van der Waals surface area contributed by atoms with Gasteiger partial charge >= 0.3 is 5.97 Å². The maximum absolute atomic E-state index is 11.8. The average Bonchev–Trinajstić information content (AvgIpc) is 2.24. The van der Waals surface area contributed by atoms with Gasteiger partial charge in [0, 0.05) is 25.0 Å². The number of carbonyl (C=O) groups is 1. The fourth-order valence-corrected chi connectivity index (χ4v) is 1.30. The number of carboxylic acid groups (broad SMARTS) is 1. The Morgan fingerprint density at radius 3 is 2.44 bits per heavy atom. The summed E-state index contributed by atoms with van der Waals surface area (Å²) in [4.78, 5) is 27.1. The standard InChI is InChI=1S/C12H19N3O3/c1-11(2,10(17)18)12(3,4)14-8-9(16)15(5)7-6-13-8/h6-7H,1-5H3,(H,13,14)(H,17,18). The lowest BCUT2D eigenvalue weighted by molar-refractivity contribution is -0.149. The number of carboxylic acids is 1. The molecule has 0 aliphatic heterocycles. The van der Waals surface area contributed by atoms with Gasteiger partial charge in [-0.2, -0.15) is 0 Å². The smallest absolute Gasteiger partial charge is 0.311 e. The molecule has 0 unspecified atom stereocenters. The van der Waals surface area contributed by atoms with Crippen LogP contribution in [0.2, 0.25) is 0 Å². The van der Waals surface area contributed by atoms with Crippen molar-refractivity contribution in [2.24, 2.45) is 12.5 Å². The number of hydrogen-bond donors (Lipinski definition) is 2. The summed E-state index contributed by atoms with van der Waals surface area (Å²) in [6, 6.07) is 0.